The molecule has 0 saturated heterocycles. The minimum Gasteiger partial charge on any atom is -0.399 e. The number of benzene rings is 1. The van der Waals surface area contributed by atoms with Gasteiger partial charge in [0.2, 0.25) is 5.91 Å². The van der Waals surface area contributed by atoms with Gasteiger partial charge in [-0.25, -0.2) is 0 Å². The summed E-state index contributed by atoms with van der Waals surface area (Å²) in [6.45, 7) is 2.39. The van der Waals surface area contributed by atoms with Crippen molar-refractivity contribution in [2.45, 2.75) is 25.8 Å². The maximum absolute atomic E-state index is 11.8. The zero-order chi connectivity index (χ0) is 12.4. The van der Waals surface area contributed by atoms with E-state index in [0.29, 0.717) is 12.6 Å². The first-order valence-corrected chi connectivity index (χ1v) is 5.92. The quantitative estimate of drug-likeness (QED) is 0.777. The molecule has 1 aliphatic carbocycles. The van der Waals surface area contributed by atoms with Crippen LogP contribution in [0.25, 0.3) is 0 Å². The Labute approximate surface area is 102 Å². The first-order chi connectivity index (χ1) is 8.06. The molecule has 1 aromatic carbocycles. The minimum absolute atomic E-state index is 0.0345. The number of anilines is 2. The molecule has 1 fully saturated rings. The lowest BCUT2D eigenvalue weighted by atomic mass is 10.2. The van der Waals surface area contributed by atoms with E-state index >= 15 is 0 Å². The Kier molecular flexibility index (Phi) is 3.33. The fourth-order valence-corrected chi connectivity index (χ4v) is 1.89. The Bertz CT molecular complexity index is 427. The first kappa shape index (κ1) is 11.9. The third-order valence-electron chi connectivity index (χ3n) is 3.09. The van der Waals surface area contributed by atoms with E-state index in [1.807, 2.05) is 26.1 Å². The van der Waals surface area contributed by atoms with Crippen molar-refractivity contribution >= 4 is 17.3 Å². The zero-order valence-electron chi connectivity index (χ0n) is 10.4. The average molecular weight is 233 g/mol. The van der Waals surface area contributed by atoms with Gasteiger partial charge in [-0.3, -0.25) is 9.69 Å². The maximum Gasteiger partial charge on any atom is 0.238 e. The zero-order valence-corrected chi connectivity index (χ0v) is 10.4. The summed E-state index contributed by atoms with van der Waals surface area (Å²) in [5.74, 6) is 0.0345. The molecular weight excluding hydrogens is 214 g/mol. The smallest absolute Gasteiger partial charge is 0.238 e. The lowest BCUT2D eigenvalue weighted by Gasteiger charge is -2.16. The van der Waals surface area contributed by atoms with Crippen LogP contribution in [0.4, 0.5) is 11.4 Å². The molecular formula is C13H19N3O. The van der Waals surface area contributed by atoms with Crippen LogP contribution in [-0.2, 0) is 4.79 Å². The Morgan fingerprint density at radius 3 is 2.82 bits per heavy atom. The summed E-state index contributed by atoms with van der Waals surface area (Å²) >= 11 is 0. The predicted molar refractivity (Wildman–Crippen MR) is 69.9 cm³/mol. The van der Waals surface area contributed by atoms with Crippen LogP contribution in [0.15, 0.2) is 18.2 Å². The standard InChI is InChI=1S/C13H19N3O/c1-9-7-10(14)3-6-12(9)15-13(17)8-16(2)11-4-5-11/h3,6-7,11H,4-5,8,14H2,1-2H3,(H,15,17). The highest BCUT2D eigenvalue weighted by molar-refractivity contribution is 5.93. The number of aryl methyl sites for hydroxylation is 1. The second kappa shape index (κ2) is 4.75. The van der Waals surface area contributed by atoms with Gasteiger partial charge >= 0.3 is 0 Å². The van der Waals surface area contributed by atoms with Gasteiger partial charge in [0.05, 0.1) is 6.54 Å². The Balaban J connectivity index is 1.92. The number of amides is 1. The third kappa shape index (κ3) is 3.20. The van der Waals surface area contributed by atoms with Crippen LogP contribution in [0.1, 0.15) is 18.4 Å². The molecule has 1 aliphatic rings. The van der Waals surface area contributed by atoms with Crippen LogP contribution >= 0.6 is 0 Å². The minimum atomic E-state index is 0.0345. The number of likely N-dealkylation sites (N-methyl/N-ethyl adjacent to an activating group) is 1. The molecule has 1 amide bonds. The van der Waals surface area contributed by atoms with E-state index in [1.54, 1.807) is 6.07 Å². The van der Waals surface area contributed by atoms with Gasteiger partial charge < -0.3 is 11.1 Å². The van der Waals surface area contributed by atoms with Crippen molar-refractivity contribution in [2.24, 2.45) is 0 Å². The Morgan fingerprint density at radius 2 is 2.24 bits per heavy atom. The van der Waals surface area contributed by atoms with Crippen LogP contribution in [0.5, 0.6) is 0 Å². The number of carbonyl (C=O) groups excluding carboxylic acids is 1. The van der Waals surface area contributed by atoms with Crippen molar-refractivity contribution in [3.63, 3.8) is 0 Å². The number of hydrogen-bond donors (Lipinski definition) is 2. The third-order valence-corrected chi connectivity index (χ3v) is 3.09. The molecule has 0 spiro atoms. The van der Waals surface area contributed by atoms with Crippen LogP contribution < -0.4 is 11.1 Å². The SMILES string of the molecule is Cc1cc(N)ccc1NC(=O)CN(C)C1CC1. The number of nitrogens with one attached hydrogen (secondary N) is 1. The molecule has 1 aromatic rings. The van der Waals surface area contributed by atoms with Crippen LogP contribution in [0.2, 0.25) is 0 Å². The fraction of sp³-hybridized carbons (Fsp3) is 0.462. The number of nitrogens with two attached hydrogens (primary N) is 1. The monoisotopic (exact) mass is 233 g/mol. The van der Waals surface area contributed by atoms with Crippen LogP contribution in [0.3, 0.4) is 0 Å². The van der Waals surface area contributed by atoms with Crippen molar-refractivity contribution in [2.75, 3.05) is 24.6 Å². The second-order valence-electron chi connectivity index (χ2n) is 4.77. The molecule has 0 heterocycles. The molecule has 0 radical (unpaired) electrons. The van der Waals surface area contributed by atoms with E-state index in [-0.39, 0.29) is 5.91 Å². The molecule has 4 nitrogen and oxygen atoms in total. The molecule has 0 bridgehead atoms. The largest absolute Gasteiger partial charge is 0.399 e. The lowest BCUT2D eigenvalue weighted by Crippen LogP contribution is -2.31. The van der Waals surface area contributed by atoms with E-state index in [0.717, 1.165) is 16.9 Å². The van der Waals surface area contributed by atoms with Crippen molar-refractivity contribution in [1.29, 1.82) is 0 Å². The van der Waals surface area contributed by atoms with Crippen molar-refractivity contribution in [3.05, 3.63) is 23.8 Å². The van der Waals surface area contributed by atoms with Gasteiger partial charge in [-0.15, -0.1) is 0 Å². The number of nitrogen functional groups attached to an aromatic ring is 1. The van der Waals surface area contributed by atoms with Gasteiger partial charge in [-0.1, -0.05) is 0 Å². The number of hydrogen-bond acceptors (Lipinski definition) is 3. The molecule has 0 aliphatic heterocycles. The molecule has 4 heteroatoms. The van der Waals surface area contributed by atoms with Gasteiger partial charge in [0.25, 0.3) is 0 Å². The van der Waals surface area contributed by atoms with E-state index in [9.17, 15) is 4.79 Å². The van der Waals surface area contributed by atoms with Crippen molar-refractivity contribution < 1.29 is 4.79 Å². The van der Waals surface area contributed by atoms with Gasteiger partial charge in [-0.05, 0) is 50.6 Å². The summed E-state index contributed by atoms with van der Waals surface area (Å²) in [5, 5.41) is 2.91. The number of carbonyl (C=O) groups is 1. The molecule has 92 valence electrons. The van der Waals surface area contributed by atoms with Crippen molar-refractivity contribution in [1.82, 2.24) is 4.90 Å². The summed E-state index contributed by atoms with van der Waals surface area (Å²) in [6.07, 6.45) is 2.43. The summed E-state index contributed by atoms with van der Waals surface area (Å²) in [7, 11) is 1.99. The lowest BCUT2D eigenvalue weighted by molar-refractivity contribution is -0.117. The van der Waals surface area contributed by atoms with E-state index in [1.165, 1.54) is 12.8 Å². The van der Waals surface area contributed by atoms with Gasteiger partial charge in [0.1, 0.15) is 0 Å². The molecule has 1 saturated carbocycles. The Hall–Kier alpha value is -1.55. The molecule has 2 rings (SSSR count). The van der Waals surface area contributed by atoms with Gasteiger partial charge in [0.15, 0.2) is 0 Å². The molecule has 17 heavy (non-hydrogen) atoms. The van der Waals surface area contributed by atoms with E-state index in [4.69, 9.17) is 5.73 Å². The normalized spacial score (nSPS) is 15.0. The second-order valence-corrected chi connectivity index (χ2v) is 4.77. The summed E-state index contributed by atoms with van der Waals surface area (Å²) in [4.78, 5) is 13.9. The van der Waals surface area contributed by atoms with E-state index < -0.39 is 0 Å². The summed E-state index contributed by atoms with van der Waals surface area (Å²) in [6, 6.07) is 6.11. The molecule has 0 atom stereocenters. The molecule has 0 aromatic heterocycles. The predicted octanol–water partition coefficient (Wildman–Crippen LogP) is 1.61. The maximum atomic E-state index is 11.8. The average Bonchev–Trinajstić information content (AvgIpc) is 3.05. The first-order valence-electron chi connectivity index (χ1n) is 5.92. The topological polar surface area (TPSA) is 58.4 Å². The number of rotatable bonds is 4. The van der Waals surface area contributed by atoms with E-state index in [2.05, 4.69) is 10.2 Å². The summed E-state index contributed by atoms with van der Waals surface area (Å²) in [5.41, 5.74) is 8.22. The molecule has 0 unspecified atom stereocenters. The fourth-order valence-electron chi connectivity index (χ4n) is 1.89. The highest BCUT2D eigenvalue weighted by Crippen LogP contribution is 2.25. The highest BCUT2D eigenvalue weighted by atomic mass is 16.2. The van der Waals surface area contributed by atoms with Gasteiger partial charge in [0, 0.05) is 17.4 Å². The Morgan fingerprint density at radius 1 is 1.53 bits per heavy atom. The van der Waals surface area contributed by atoms with Crippen LogP contribution in [-0.4, -0.2) is 30.4 Å². The summed E-state index contributed by atoms with van der Waals surface area (Å²) < 4.78 is 0. The number of nitrogens with zero attached hydrogens (tertiary/aromatic N) is 1. The van der Waals surface area contributed by atoms with Crippen LogP contribution in [0, 0.1) is 6.92 Å². The molecule has 3 N–H and O–H groups in total. The van der Waals surface area contributed by atoms with Crippen molar-refractivity contribution in [3.8, 4) is 0 Å². The highest BCUT2D eigenvalue weighted by Gasteiger charge is 2.27. The van der Waals surface area contributed by atoms with Gasteiger partial charge in [-0.2, -0.15) is 0 Å².